The van der Waals surface area contributed by atoms with Crippen LogP contribution in [0.15, 0.2) is 30.3 Å². The smallest absolute Gasteiger partial charge is 0.404 e. The van der Waals surface area contributed by atoms with Gasteiger partial charge in [0.05, 0.1) is 0 Å². The van der Waals surface area contributed by atoms with Crippen LogP contribution in [0.2, 0.25) is 0 Å². The van der Waals surface area contributed by atoms with Gasteiger partial charge in [0.1, 0.15) is 12.3 Å². The highest BCUT2D eigenvalue weighted by Crippen LogP contribution is 2.58. The molecule has 4 N–H and O–H groups in total. The molecule has 0 radical (unpaired) electrons. The van der Waals surface area contributed by atoms with Crippen LogP contribution in [0.4, 0.5) is 9.18 Å². The molecule has 4 bridgehead atoms. The minimum Gasteiger partial charge on any atom is -0.445 e. The molecule has 5 heteroatoms. The largest absolute Gasteiger partial charge is 0.445 e. The summed E-state index contributed by atoms with van der Waals surface area (Å²) in [7, 11) is 0. The van der Waals surface area contributed by atoms with Crippen molar-refractivity contribution in [1.29, 1.82) is 0 Å². The van der Waals surface area contributed by atoms with Crippen molar-refractivity contribution in [3.05, 3.63) is 35.9 Å². The molecule has 0 aromatic heterocycles. The van der Waals surface area contributed by atoms with E-state index in [0.29, 0.717) is 18.3 Å². The number of carbonyl (C=O) groups excluding carboxylic acids is 1. The highest BCUT2D eigenvalue weighted by Gasteiger charge is 2.56. The average Bonchev–Trinajstić information content (AvgIpc) is 2.43. The van der Waals surface area contributed by atoms with E-state index in [-0.39, 0.29) is 12.1 Å². The van der Waals surface area contributed by atoms with Crippen LogP contribution in [0.3, 0.4) is 0 Å². The second-order valence-electron chi connectivity index (χ2n) is 7.57. The maximum Gasteiger partial charge on any atom is 0.404 e. The summed E-state index contributed by atoms with van der Waals surface area (Å²) >= 11 is 0. The fourth-order valence-electron chi connectivity index (χ4n) is 4.95. The number of hydrogen-bond acceptors (Lipinski definition) is 3. The van der Waals surface area contributed by atoms with Crippen LogP contribution in [-0.2, 0) is 11.3 Å². The Morgan fingerprint density at radius 1 is 1.17 bits per heavy atom. The fourth-order valence-corrected chi connectivity index (χ4v) is 4.95. The Morgan fingerprint density at radius 2 is 1.78 bits per heavy atom. The molecule has 4 saturated carbocycles. The van der Waals surface area contributed by atoms with E-state index in [4.69, 9.17) is 11.5 Å². The van der Waals surface area contributed by atoms with Crippen LogP contribution in [0.5, 0.6) is 0 Å². The zero-order chi connectivity index (χ0) is 16.5. The Bertz CT molecular complexity index is 529. The molecule has 0 spiro atoms. The molecule has 0 heterocycles. The number of rotatable bonds is 2. The summed E-state index contributed by atoms with van der Waals surface area (Å²) in [5, 5.41) is 0. The zero-order valence-corrected chi connectivity index (χ0v) is 13.3. The Labute approximate surface area is 136 Å². The third kappa shape index (κ3) is 4.02. The molecule has 4 fully saturated rings. The van der Waals surface area contributed by atoms with E-state index in [1.807, 2.05) is 30.3 Å². The maximum absolute atomic E-state index is 14.0. The van der Waals surface area contributed by atoms with E-state index in [2.05, 4.69) is 4.74 Å². The van der Waals surface area contributed by atoms with Crippen LogP contribution < -0.4 is 11.5 Å². The Hall–Kier alpha value is -1.62. The predicted octanol–water partition coefficient (Wildman–Crippen LogP) is 3.29. The van der Waals surface area contributed by atoms with E-state index in [9.17, 15) is 9.18 Å². The number of hydrogen-bond donors (Lipinski definition) is 2. The van der Waals surface area contributed by atoms with Crippen molar-refractivity contribution in [3.8, 4) is 0 Å². The molecule has 4 aliphatic carbocycles. The van der Waals surface area contributed by atoms with Gasteiger partial charge in [-0.25, -0.2) is 9.18 Å². The molecule has 126 valence electrons. The number of halogens is 1. The normalized spacial score (nSPS) is 37.0. The lowest BCUT2D eigenvalue weighted by molar-refractivity contribution is -0.0847. The van der Waals surface area contributed by atoms with Gasteiger partial charge in [0.2, 0.25) is 0 Å². The van der Waals surface area contributed by atoms with Crippen molar-refractivity contribution in [2.24, 2.45) is 23.3 Å². The van der Waals surface area contributed by atoms with E-state index in [1.54, 1.807) is 0 Å². The Kier molecular flexibility index (Phi) is 4.32. The number of alkyl halides is 1. The Balaban J connectivity index is 0.000000137. The quantitative estimate of drug-likeness (QED) is 0.877. The summed E-state index contributed by atoms with van der Waals surface area (Å²) in [5.41, 5.74) is 10.9. The molecule has 4 nitrogen and oxygen atoms in total. The molecule has 1 amide bonds. The SMILES string of the molecule is NC(=O)OCc1ccccc1.NC12CC3CC(C1)CC(F)(C3)C2. The molecule has 23 heavy (non-hydrogen) atoms. The third-order valence-corrected chi connectivity index (χ3v) is 5.26. The topological polar surface area (TPSA) is 78.3 Å². The summed E-state index contributed by atoms with van der Waals surface area (Å²) in [6, 6.07) is 9.37. The molecule has 2 atom stereocenters. The fraction of sp³-hybridized carbons (Fsp3) is 0.611. The van der Waals surface area contributed by atoms with Gasteiger partial charge in [0.15, 0.2) is 0 Å². The van der Waals surface area contributed by atoms with Gasteiger partial charge in [-0.05, 0) is 55.9 Å². The average molecular weight is 320 g/mol. The summed E-state index contributed by atoms with van der Waals surface area (Å²) in [6.07, 6.45) is 4.96. The second-order valence-corrected chi connectivity index (χ2v) is 7.57. The minimum absolute atomic E-state index is 0.112. The van der Waals surface area contributed by atoms with Crippen molar-refractivity contribution in [1.82, 2.24) is 0 Å². The lowest BCUT2D eigenvalue weighted by Crippen LogP contribution is -2.61. The van der Waals surface area contributed by atoms with E-state index in [1.165, 1.54) is 6.42 Å². The van der Waals surface area contributed by atoms with Crippen LogP contribution in [-0.4, -0.2) is 17.3 Å². The van der Waals surface area contributed by atoms with Gasteiger partial charge in [-0.3, -0.25) is 0 Å². The number of carbonyl (C=O) groups is 1. The van der Waals surface area contributed by atoms with E-state index >= 15 is 0 Å². The van der Waals surface area contributed by atoms with Crippen molar-refractivity contribution in [2.75, 3.05) is 0 Å². The van der Waals surface area contributed by atoms with Crippen molar-refractivity contribution in [3.63, 3.8) is 0 Å². The standard InChI is InChI=1S/C10H16FN.C8H9NO2/c11-9-2-7-1-8(3-9)5-10(12,4-7)6-9;9-8(10)11-6-7-4-2-1-3-5-7/h7-8H,1-6,12H2;1-5H,6H2,(H2,9,10). The van der Waals surface area contributed by atoms with Crippen LogP contribution in [0, 0.1) is 11.8 Å². The number of ether oxygens (including phenoxy) is 1. The van der Waals surface area contributed by atoms with Crippen molar-refractivity contribution in [2.45, 2.75) is 56.3 Å². The number of benzene rings is 1. The van der Waals surface area contributed by atoms with Gasteiger partial charge in [-0.2, -0.15) is 0 Å². The van der Waals surface area contributed by atoms with Crippen molar-refractivity contribution < 1.29 is 13.9 Å². The summed E-state index contributed by atoms with van der Waals surface area (Å²) in [4.78, 5) is 10.2. The predicted molar refractivity (Wildman–Crippen MR) is 86.3 cm³/mol. The number of nitrogens with two attached hydrogens (primary N) is 2. The van der Waals surface area contributed by atoms with Crippen LogP contribution in [0.1, 0.15) is 44.1 Å². The molecule has 1 aromatic carbocycles. The van der Waals surface area contributed by atoms with E-state index < -0.39 is 11.8 Å². The maximum atomic E-state index is 14.0. The molecular weight excluding hydrogens is 295 g/mol. The first-order valence-electron chi connectivity index (χ1n) is 8.30. The monoisotopic (exact) mass is 320 g/mol. The van der Waals surface area contributed by atoms with Gasteiger partial charge in [0.25, 0.3) is 0 Å². The third-order valence-electron chi connectivity index (χ3n) is 5.26. The van der Waals surface area contributed by atoms with E-state index in [0.717, 1.165) is 31.2 Å². The molecule has 5 rings (SSSR count). The highest BCUT2D eigenvalue weighted by atomic mass is 19.1. The first-order chi connectivity index (χ1) is 10.9. The lowest BCUT2D eigenvalue weighted by Gasteiger charge is -2.57. The molecule has 0 saturated heterocycles. The number of primary amides is 1. The summed E-state index contributed by atoms with van der Waals surface area (Å²) < 4.78 is 18.6. The first-order valence-corrected chi connectivity index (χ1v) is 8.30. The van der Waals surface area contributed by atoms with Gasteiger partial charge >= 0.3 is 6.09 Å². The highest BCUT2D eigenvalue weighted by molar-refractivity contribution is 5.64. The number of amides is 1. The summed E-state index contributed by atoms with van der Waals surface area (Å²) in [6.45, 7) is 0.246. The Morgan fingerprint density at radius 3 is 2.26 bits per heavy atom. The van der Waals surface area contributed by atoms with Gasteiger partial charge < -0.3 is 16.2 Å². The second kappa shape index (κ2) is 6.11. The van der Waals surface area contributed by atoms with Gasteiger partial charge in [0, 0.05) is 5.54 Å². The van der Waals surface area contributed by atoms with Crippen LogP contribution >= 0.6 is 0 Å². The summed E-state index contributed by atoms with van der Waals surface area (Å²) in [5.74, 6) is 1.22. The molecule has 4 aliphatic rings. The van der Waals surface area contributed by atoms with Gasteiger partial charge in [-0.1, -0.05) is 30.3 Å². The zero-order valence-electron chi connectivity index (χ0n) is 13.3. The lowest BCUT2D eigenvalue weighted by atomic mass is 9.52. The molecule has 2 unspecified atom stereocenters. The van der Waals surface area contributed by atoms with Crippen LogP contribution in [0.25, 0.3) is 0 Å². The molecule has 1 aromatic rings. The first kappa shape index (κ1) is 16.2. The molecular formula is C18H25FN2O2. The van der Waals surface area contributed by atoms with Crippen molar-refractivity contribution >= 4 is 6.09 Å². The molecule has 0 aliphatic heterocycles. The minimum atomic E-state index is -0.862. The van der Waals surface area contributed by atoms with Gasteiger partial charge in [-0.15, -0.1) is 0 Å².